The average molecular weight is 295 g/mol. The number of esters is 1. The van der Waals surface area contributed by atoms with E-state index in [1.807, 2.05) is 17.5 Å². The number of nitro groups is 1. The maximum Gasteiger partial charge on any atom is 0.341 e. The number of carbonyl (C=O) groups is 1. The molecule has 0 unspecified atom stereocenters. The molecule has 2 aromatic rings. The van der Waals surface area contributed by atoms with Gasteiger partial charge < -0.3 is 4.74 Å². The first-order chi connectivity index (χ1) is 9.58. The molecule has 0 aliphatic rings. The van der Waals surface area contributed by atoms with E-state index in [2.05, 4.69) is 0 Å². The van der Waals surface area contributed by atoms with Crippen LogP contribution in [0.4, 0.5) is 10.1 Å². The van der Waals surface area contributed by atoms with Crippen molar-refractivity contribution in [3.05, 3.63) is 62.1 Å². The van der Waals surface area contributed by atoms with E-state index in [0.29, 0.717) is 6.42 Å². The zero-order chi connectivity index (χ0) is 14.5. The van der Waals surface area contributed by atoms with Gasteiger partial charge in [0, 0.05) is 23.4 Å². The summed E-state index contributed by atoms with van der Waals surface area (Å²) in [5, 5.41) is 12.5. The molecule has 1 aromatic heterocycles. The van der Waals surface area contributed by atoms with Crippen molar-refractivity contribution in [1.82, 2.24) is 0 Å². The molecule has 0 bridgehead atoms. The Morgan fingerprint density at radius 1 is 1.40 bits per heavy atom. The Morgan fingerprint density at radius 3 is 2.85 bits per heavy atom. The van der Waals surface area contributed by atoms with Crippen LogP contribution < -0.4 is 0 Å². The van der Waals surface area contributed by atoms with Crippen LogP contribution in [0.3, 0.4) is 0 Å². The summed E-state index contributed by atoms with van der Waals surface area (Å²) in [7, 11) is 0. The van der Waals surface area contributed by atoms with Gasteiger partial charge in [0.1, 0.15) is 11.4 Å². The van der Waals surface area contributed by atoms with Gasteiger partial charge in [-0.2, -0.15) is 0 Å². The van der Waals surface area contributed by atoms with E-state index in [9.17, 15) is 19.3 Å². The van der Waals surface area contributed by atoms with Gasteiger partial charge in [-0.1, -0.05) is 6.07 Å². The number of hydrogen-bond acceptors (Lipinski definition) is 5. The maximum absolute atomic E-state index is 13.5. The minimum absolute atomic E-state index is 0.0987. The molecular formula is C13H10FNO4S. The smallest absolute Gasteiger partial charge is 0.341 e. The monoisotopic (exact) mass is 295 g/mol. The third-order valence-electron chi connectivity index (χ3n) is 2.54. The molecule has 0 aliphatic carbocycles. The number of non-ortho nitro benzene ring substituents is 1. The summed E-state index contributed by atoms with van der Waals surface area (Å²) in [6.45, 7) is 0.0987. The summed E-state index contributed by atoms with van der Waals surface area (Å²) in [6, 6.07) is 6.53. The van der Waals surface area contributed by atoms with Crippen molar-refractivity contribution in [2.45, 2.75) is 6.42 Å². The molecule has 104 valence electrons. The molecule has 0 amide bonds. The van der Waals surface area contributed by atoms with Crippen molar-refractivity contribution in [3.8, 4) is 0 Å². The lowest BCUT2D eigenvalue weighted by atomic mass is 10.2. The van der Waals surface area contributed by atoms with Crippen LogP contribution in [0.1, 0.15) is 15.2 Å². The van der Waals surface area contributed by atoms with Gasteiger partial charge in [0.05, 0.1) is 11.5 Å². The predicted molar refractivity (Wildman–Crippen MR) is 71.4 cm³/mol. The second-order valence-electron chi connectivity index (χ2n) is 3.89. The van der Waals surface area contributed by atoms with Gasteiger partial charge in [0.2, 0.25) is 0 Å². The SMILES string of the molecule is O=C(OCCc1cccs1)c1cc([N+](=O)[O-])ccc1F. The summed E-state index contributed by atoms with van der Waals surface area (Å²) in [5.41, 5.74) is -0.776. The standard InChI is InChI=1S/C13H10FNO4S/c14-12-4-3-9(15(17)18)8-11(12)13(16)19-6-5-10-2-1-7-20-10/h1-4,7-8H,5-6H2. The van der Waals surface area contributed by atoms with Gasteiger partial charge in [-0.15, -0.1) is 11.3 Å². The van der Waals surface area contributed by atoms with Crippen LogP contribution in [0.5, 0.6) is 0 Å². The summed E-state index contributed by atoms with van der Waals surface area (Å²) < 4.78 is 18.4. The fourth-order valence-corrected chi connectivity index (χ4v) is 2.25. The van der Waals surface area contributed by atoms with Gasteiger partial charge in [-0.3, -0.25) is 10.1 Å². The summed E-state index contributed by atoms with van der Waals surface area (Å²) in [6.07, 6.45) is 0.528. The lowest BCUT2D eigenvalue weighted by Gasteiger charge is -2.04. The number of benzene rings is 1. The Kier molecular flexibility index (Phi) is 4.41. The lowest BCUT2D eigenvalue weighted by Crippen LogP contribution is -2.10. The minimum Gasteiger partial charge on any atom is -0.462 e. The van der Waals surface area contributed by atoms with E-state index in [0.717, 1.165) is 23.1 Å². The quantitative estimate of drug-likeness (QED) is 0.482. The Balaban J connectivity index is 2.01. The first-order valence-corrected chi connectivity index (χ1v) is 6.59. The largest absolute Gasteiger partial charge is 0.462 e. The van der Waals surface area contributed by atoms with Crippen molar-refractivity contribution in [2.75, 3.05) is 6.61 Å². The molecule has 1 aromatic carbocycles. The minimum atomic E-state index is -0.900. The van der Waals surface area contributed by atoms with Crippen molar-refractivity contribution in [3.63, 3.8) is 0 Å². The molecule has 0 aliphatic heterocycles. The van der Waals surface area contributed by atoms with E-state index in [4.69, 9.17) is 4.74 Å². The third-order valence-corrected chi connectivity index (χ3v) is 3.48. The van der Waals surface area contributed by atoms with Crippen LogP contribution >= 0.6 is 11.3 Å². The summed E-state index contributed by atoms with van der Waals surface area (Å²) >= 11 is 1.53. The molecule has 5 nitrogen and oxygen atoms in total. The maximum atomic E-state index is 13.5. The van der Waals surface area contributed by atoms with Crippen LogP contribution in [0.2, 0.25) is 0 Å². The van der Waals surface area contributed by atoms with Crippen LogP contribution in [-0.2, 0) is 11.2 Å². The van der Waals surface area contributed by atoms with Crippen molar-refractivity contribution in [2.24, 2.45) is 0 Å². The van der Waals surface area contributed by atoms with Gasteiger partial charge in [-0.05, 0) is 17.5 Å². The molecule has 0 spiro atoms. The first kappa shape index (κ1) is 14.1. The second-order valence-corrected chi connectivity index (χ2v) is 4.92. The molecule has 7 heteroatoms. The van der Waals surface area contributed by atoms with Crippen molar-refractivity contribution >= 4 is 23.0 Å². The number of ether oxygens (including phenoxy) is 1. The number of thiophene rings is 1. The molecule has 0 fully saturated rings. The highest BCUT2D eigenvalue weighted by Crippen LogP contribution is 2.18. The normalized spacial score (nSPS) is 10.2. The average Bonchev–Trinajstić information content (AvgIpc) is 2.92. The lowest BCUT2D eigenvalue weighted by molar-refractivity contribution is -0.384. The number of nitrogens with zero attached hydrogens (tertiary/aromatic N) is 1. The highest BCUT2D eigenvalue weighted by Gasteiger charge is 2.18. The Hall–Kier alpha value is -2.28. The number of carbonyl (C=O) groups excluding carboxylic acids is 1. The van der Waals surface area contributed by atoms with E-state index < -0.39 is 22.3 Å². The van der Waals surface area contributed by atoms with Crippen molar-refractivity contribution in [1.29, 1.82) is 0 Å². The Morgan fingerprint density at radius 2 is 2.20 bits per heavy atom. The number of halogens is 1. The first-order valence-electron chi connectivity index (χ1n) is 5.71. The van der Waals surface area contributed by atoms with E-state index in [1.165, 1.54) is 11.3 Å². The fourth-order valence-electron chi connectivity index (χ4n) is 1.56. The van der Waals surface area contributed by atoms with E-state index in [1.54, 1.807) is 0 Å². The molecule has 2 rings (SSSR count). The van der Waals surface area contributed by atoms with Gasteiger partial charge in [-0.25, -0.2) is 9.18 Å². The molecular weight excluding hydrogens is 285 g/mol. The number of nitro benzene ring substituents is 1. The zero-order valence-corrected chi connectivity index (χ0v) is 11.1. The van der Waals surface area contributed by atoms with Crippen LogP contribution in [0.25, 0.3) is 0 Å². The molecule has 0 atom stereocenters. The second kappa shape index (κ2) is 6.25. The molecule has 0 saturated carbocycles. The van der Waals surface area contributed by atoms with Gasteiger partial charge >= 0.3 is 5.97 Å². The highest BCUT2D eigenvalue weighted by atomic mass is 32.1. The van der Waals surface area contributed by atoms with E-state index in [-0.39, 0.29) is 12.3 Å². The van der Waals surface area contributed by atoms with Crippen molar-refractivity contribution < 1.29 is 18.8 Å². The molecule has 0 radical (unpaired) electrons. The predicted octanol–water partition coefficient (Wildman–Crippen LogP) is 3.19. The van der Waals surface area contributed by atoms with Gasteiger partial charge in [0.25, 0.3) is 5.69 Å². The number of rotatable bonds is 5. The van der Waals surface area contributed by atoms with Crippen LogP contribution in [0, 0.1) is 15.9 Å². The number of hydrogen-bond donors (Lipinski definition) is 0. The highest BCUT2D eigenvalue weighted by molar-refractivity contribution is 7.09. The zero-order valence-electron chi connectivity index (χ0n) is 10.2. The fraction of sp³-hybridized carbons (Fsp3) is 0.154. The van der Waals surface area contributed by atoms with Crippen LogP contribution in [0.15, 0.2) is 35.7 Å². The molecule has 1 heterocycles. The molecule has 0 N–H and O–H groups in total. The summed E-state index contributed by atoms with van der Waals surface area (Å²) in [4.78, 5) is 22.6. The Bertz CT molecular complexity index is 627. The van der Waals surface area contributed by atoms with Crippen LogP contribution in [-0.4, -0.2) is 17.5 Å². The topological polar surface area (TPSA) is 69.4 Å². The third kappa shape index (κ3) is 3.39. The molecule has 20 heavy (non-hydrogen) atoms. The summed E-state index contributed by atoms with van der Waals surface area (Å²) in [5.74, 6) is -1.74. The molecule has 0 saturated heterocycles. The van der Waals surface area contributed by atoms with E-state index >= 15 is 0 Å². The van der Waals surface area contributed by atoms with Gasteiger partial charge in [0.15, 0.2) is 0 Å². The Labute approximate surface area is 117 Å².